The zero-order valence-electron chi connectivity index (χ0n) is 16.2. The molecule has 0 N–H and O–H groups in total. The highest BCUT2D eigenvalue weighted by atomic mass is 32.2. The van der Waals surface area contributed by atoms with Crippen LogP contribution in [-0.4, -0.2) is 28.9 Å². The molecule has 2 heterocycles. The van der Waals surface area contributed by atoms with Crippen LogP contribution in [0, 0.1) is 25.7 Å². The summed E-state index contributed by atoms with van der Waals surface area (Å²) in [5, 5.41) is 0. The van der Waals surface area contributed by atoms with Crippen LogP contribution in [0.5, 0.6) is 0 Å². The van der Waals surface area contributed by atoms with Gasteiger partial charge in [0, 0.05) is 23.7 Å². The molecule has 1 aromatic carbocycles. The van der Waals surface area contributed by atoms with E-state index < -0.39 is 0 Å². The fourth-order valence-corrected chi connectivity index (χ4v) is 4.89. The molecule has 4 heteroatoms. The predicted octanol–water partition coefficient (Wildman–Crippen LogP) is 5.11. The number of aromatic nitrogens is 1. The quantitative estimate of drug-likeness (QED) is 0.703. The summed E-state index contributed by atoms with van der Waals surface area (Å²) < 4.78 is 0. The van der Waals surface area contributed by atoms with E-state index in [2.05, 4.69) is 50.9 Å². The van der Waals surface area contributed by atoms with Gasteiger partial charge >= 0.3 is 0 Å². The number of amides is 1. The molecule has 1 aliphatic rings. The minimum atomic E-state index is 0.0716. The molecule has 0 spiro atoms. The number of aryl methyl sites for hydroxylation is 2. The van der Waals surface area contributed by atoms with Gasteiger partial charge in [-0.05, 0) is 55.4 Å². The van der Waals surface area contributed by atoms with Gasteiger partial charge in [0.1, 0.15) is 5.69 Å². The first-order valence-electron chi connectivity index (χ1n) is 9.38. The smallest absolute Gasteiger partial charge is 0.272 e. The fraction of sp³-hybridized carbons (Fsp3) is 0.455. The van der Waals surface area contributed by atoms with Crippen molar-refractivity contribution < 1.29 is 4.79 Å². The highest BCUT2D eigenvalue weighted by Crippen LogP contribution is 2.29. The molecule has 138 valence electrons. The van der Waals surface area contributed by atoms with E-state index in [1.54, 1.807) is 11.8 Å². The molecule has 0 radical (unpaired) electrons. The van der Waals surface area contributed by atoms with Gasteiger partial charge in [0.25, 0.3) is 5.91 Å². The lowest BCUT2D eigenvalue weighted by Crippen LogP contribution is -2.42. The van der Waals surface area contributed by atoms with Crippen LogP contribution in [-0.2, 0) is 5.75 Å². The number of carbonyl (C=O) groups is 1. The summed E-state index contributed by atoms with van der Waals surface area (Å²) in [6.45, 7) is 10.4. The van der Waals surface area contributed by atoms with Crippen LogP contribution in [0.3, 0.4) is 0 Å². The Labute approximate surface area is 161 Å². The lowest BCUT2D eigenvalue weighted by molar-refractivity contribution is 0.0617. The van der Waals surface area contributed by atoms with Crippen molar-refractivity contribution in [3.63, 3.8) is 0 Å². The molecule has 3 rings (SSSR count). The molecule has 26 heavy (non-hydrogen) atoms. The Morgan fingerprint density at radius 3 is 2.35 bits per heavy atom. The molecule has 1 fully saturated rings. The van der Waals surface area contributed by atoms with Gasteiger partial charge in [-0.15, -0.1) is 11.8 Å². The van der Waals surface area contributed by atoms with Crippen LogP contribution in [0.4, 0.5) is 0 Å². The fourth-order valence-electron chi connectivity index (χ4n) is 3.84. The summed E-state index contributed by atoms with van der Waals surface area (Å²) in [6.07, 6.45) is 1.20. The number of piperidine rings is 1. The van der Waals surface area contributed by atoms with Gasteiger partial charge in [-0.2, -0.15) is 0 Å². The molecule has 2 atom stereocenters. The number of likely N-dealkylation sites (tertiary alicyclic amines) is 1. The summed E-state index contributed by atoms with van der Waals surface area (Å²) in [6, 6.07) is 12.2. The van der Waals surface area contributed by atoms with E-state index in [-0.39, 0.29) is 5.91 Å². The summed E-state index contributed by atoms with van der Waals surface area (Å²) in [5.41, 5.74) is 4.12. The molecular formula is C22H28N2OS. The van der Waals surface area contributed by atoms with Crippen LogP contribution in [0.1, 0.15) is 47.6 Å². The first-order chi connectivity index (χ1) is 12.4. The Morgan fingerprint density at radius 1 is 1.08 bits per heavy atom. The second-order valence-corrected chi connectivity index (χ2v) is 8.67. The molecule has 1 amide bonds. The van der Waals surface area contributed by atoms with Crippen molar-refractivity contribution in [1.82, 2.24) is 9.88 Å². The van der Waals surface area contributed by atoms with Crippen molar-refractivity contribution in [1.29, 1.82) is 0 Å². The monoisotopic (exact) mass is 368 g/mol. The maximum atomic E-state index is 12.9. The molecule has 2 unspecified atom stereocenters. The standard InChI is InChI=1S/C22H28N2OS/c1-15-11-16(2)13-24(12-15)22(25)20-10-6-9-19(23-20)14-26-21-17(3)7-5-8-18(21)4/h5-10,15-16H,11-14H2,1-4H3. The summed E-state index contributed by atoms with van der Waals surface area (Å²) in [4.78, 5) is 20.8. The number of hydrogen-bond donors (Lipinski definition) is 0. The largest absolute Gasteiger partial charge is 0.337 e. The van der Waals surface area contributed by atoms with E-state index in [4.69, 9.17) is 0 Å². The number of rotatable bonds is 4. The highest BCUT2D eigenvalue weighted by molar-refractivity contribution is 7.98. The molecule has 0 aliphatic carbocycles. The number of nitrogens with zero attached hydrogens (tertiary/aromatic N) is 2. The van der Waals surface area contributed by atoms with Crippen molar-refractivity contribution in [3.05, 3.63) is 58.9 Å². The maximum Gasteiger partial charge on any atom is 0.272 e. The van der Waals surface area contributed by atoms with Crippen LogP contribution in [0.15, 0.2) is 41.3 Å². The van der Waals surface area contributed by atoms with E-state index in [9.17, 15) is 4.79 Å². The Bertz CT molecular complexity index is 759. The Kier molecular flexibility index (Phi) is 6.02. The number of carbonyl (C=O) groups excluding carboxylic acids is 1. The van der Waals surface area contributed by atoms with Crippen LogP contribution < -0.4 is 0 Å². The van der Waals surface area contributed by atoms with Crippen molar-refractivity contribution in [2.75, 3.05) is 13.1 Å². The van der Waals surface area contributed by atoms with Gasteiger partial charge in [-0.25, -0.2) is 4.98 Å². The van der Waals surface area contributed by atoms with Crippen molar-refractivity contribution in [3.8, 4) is 0 Å². The van der Waals surface area contributed by atoms with Gasteiger partial charge < -0.3 is 4.90 Å². The van der Waals surface area contributed by atoms with Gasteiger partial charge in [0.05, 0.1) is 5.69 Å². The number of hydrogen-bond acceptors (Lipinski definition) is 3. The van der Waals surface area contributed by atoms with Crippen molar-refractivity contribution in [2.45, 2.75) is 44.8 Å². The zero-order chi connectivity index (χ0) is 18.7. The lowest BCUT2D eigenvalue weighted by Gasteiger charge is -2.34. The Hall–Kier alpha value is -1.81. The number of pyridine rings is 1. The molecule has 3 nitrogen and oxygen atoms in total. The average molecular weight is 369 g/mol. The normalized spacial score (nSPS) is 20.2. The van der Waals surface area contributed by atoms with E-state index in [0.29, 0.717) is 17.5 Å². The summed E-state index contributed by atoms with van der Waals surface area (Å²) >= 11 is 1.80. The van der Waals surface area contributed by atoms with E-state index in [0.717, 1.165) is 24.5 Å². The topological polar surface area (TPSA) is 33.2 Å². The van der Waals surface area contributed by atoms with Gasteiger partial charge in [-0.3, -0.25) is 4.79 Å². The molecule has 1 aliphatic heterocycles. The van der Waals surface area contributed by atoms with Gasteiger partial charge in [-0.1, -0.05) is 38.1 Å². The summed E-state index contributed by atoms with van der Waals surface area (Å²) in [5.74, 6) is 1.97. The Balaban J connectivity index is 1.71. The molecule has 2 aromatic rings. The molecule has 1 aromatic heterocycles. The van der Waals surface area contributed by atoms with Crippen LogP contribution in [0.25, 0.3) is 0 Å². The van der Waals surface area contributed by atoms with Crippen LogP contribution >= 0.6 is 11.8 Å². The zero-order valence-corrected chi connectivity index (χ0v) is 17.0. The number of thioether (sulfide) groups is 1. The van der Waals surface area contributed by atoms with E-state index >= 15 is 0 Å². The van der Waals surface area contributed by atoms with E-state index in [1.165, 1.54) is 22.4 Å². The minimum absolute atomic E-state index is 0.0716. The Morgan fingerprint density at radius 2 is 1.69 bits per heavy atom. The maximum absolute atomic E-state index is 12.9. The third-order valence-corrected chi connectivity index (χ3v) is 6.33. The third-order valence-electron chi connectivity index (χ3n) is 4.96. The average Bonchev–Trinajstić information content (AvgIpc) is 2.60. The molecule has 0 bridgehead atoms. The van der Waals surface area contributed by atoms with E-state index in [1.807, 2.05) is 23.1 Å². The van der Waals surface area contributed by atoms with Crippen LogP contribution in [0.2, 0.25) is 0 Å². The van der Waals surface area contributed by atoms with Crippen molar-refractivity contribution >= 4 is 17.7 Å². The van der Waals surface area contributed by atoms with Gasteiger partial charge in [0.15, 0.2) is 0 Å². The molecular weight excluding hydrogens is 340 g/mol. The SMILES string of the molecule is Cc1cccc(C)c1SCc1cccc(C(=O)N2CC(C)CC(C)C2)n1. The van der Waals surface area contributed by atoms with Gasteiger partial charge in [0.2, 0.25) is 0 Å². The number of benzene rings is 1. The molecule has 1 saturated heterocycles. The second kappa shape index (κ2) is 8.26. The summed E-state index contributed by atoms with van der Waals surface area (Å²) in [7, 11) is 0. The first kappa shape index (κ1) is 19.0. The first-order valence-corrected chi connectivity index (χ1v) is 10.4. The molecule has 0 saturated carbocycles. The highest BCUT2D eigenvalue weighted by Gasteiger charge is 2.26. The van der Waals surface area contributed by atoms with Crippen molar-refractivity contribution in [2.24, 2.45) is 11.8 Å². The third kappa shape index (κ3) is 4.47. The second-order valence-electron chi connectivity index (χ2n) is 7.68. The minimum Gasteiger partial charge on any atom is -0.337 e. The predicted molar refractivity (Wildman–Crippen MR) is 109 cm³/mol. The lowest BCUT2D eigenvalue weighted by atomic mass is 9.92.